The molecule has 2 N–H and O–H groups in total. The number of hydrogen-bond acceptors (Lipinski definition) is 3. The predicted octanol–water partition coefficient (Wildman–Crippen LogP) is 2.20. The van der Waals surface area contributed by atoms with Crippen LogP contribution in [0.4, 0.5) is 13.2 Å². The Labute approximate surface area is 86.2 Å². The smallest absolute Gasteiger partial charge is 0.404 e. The van der Waals surface area contributed by atoms with Gasteiger partial charge in [-0.05, 0) is 22.0 Å². The highest BCUT2D eigenvalue weighted by atomic mass is 79.9. The minimum Gasteiger partial charge on any atom is -0.404 e. The summed E-state index contributed by atoms with van der Waals surface area (Å²) >= 11 is 2.98. The maximum atomic E-state index is 11.9. The molecule has 0 saturated heterocycles. The SMILES string of the molecule is NCc1ncc(Br)cc1OC(F)(F)F. The van der Waals surface area contributed by atoms with Gasteiger partial charge in [0.05, 0.1) is 5.69 Å². The molecule has 0 aliphatic heterocycles. The molecule has 1 rings (SSSR count). The fourth-order valence-electron chi connectivity index (χ4n) is 0.815. The standard InChI is InChI=1S/C7H6BrF3N2O/c8-4-1-6(14-7(9,10)11)5(2-12)13-3-4/h1,3H,2,12H2. The molecular weight excluding hydrogens is 265 g/mol. The highest BCUT2D eigenvalue weighted by Gasteiger charge is 2.32. The topological polar surface area (TPSA) is 48.1 Å². The van der Waals surface area contributed by atoms with Gasteiger partial charge in [-0.2, -0.15) is 0 Å². The number of rotatable bonds is 2. The van der Waals surface area contributed by atoms with E-state index in [-0.39, 0.29) is 18.0 Å². The van der Waals surface area contributed by atoms with E-state index < -0.39 is 6.36 Å². The number of nitrogens with zero attached hydrogens (tertiary/aromatic N) is 1. The van der Waals surface area contributed by atoms with E-state index in [1.165, 1.54) is 12.3 Å². The maximum Gasteiger partial charge on any atom is 0.573 e. The molecule has 0 amide bonds. The Morgan fingerprint density at radius 3 is 2.64 bits per heavy atom. The molecule has 1 aromatic rings. The number of hydrogen-bond donors (Lipinski definition) is 1. The van der Waals surface area contributed by atoms with Gasteiger partial charge in [0.2, 0.25) is 0 Å². The number of halogens is 4. The second-order valence-electron chi connectivity index (χ2n) is 2.35. The van der Waals surface area contributed by atoms with Crippen LogP contribution >= 0.6 is 15.9 Å². The molecule has 0 unspecified atom stereocenters. The third kappa shape index (κ3) is 3.15. The van der Waals surface area contributed by atoms with Gasteiger partial charge < -0.3 is 10.5 Å². The van der Waals surface area contributed by atoms with E-state index in [0.29, 0.717) is 4.47 Å². The minimum absolute atomic E-state index is 0.0607. The number of pyridine rings is 1. The molecule has 0 spiro atoms. The largest absolute Gasteiger partial charge is 0.573 e. The monoisotopic (exact) mass is 270 g/mol. The first-order chi connectivity index (χ1) is 6.42. The van der Waals surface area contributed by atoms with Crippen LogP contribution in [0.1, 0.15) is 5.69 Å². The highest BCUT2D eigenvalue weighted by molar-refractivity contribution is 9.10. The molecule has 3 nitrogen and oxygen atoms in total. The van der Waals surface area contributed by atoms with Crippen molar-refractivity contribution in [2.45, 2.75) is 12.9 Å². The van der Waals surface area contributed by atoms with E-state index in [2.05, 4.69) is 25.7 Å². The molecule has 0 radical (unpaired) electrons. The molecule has 1 heterocycles. The lowest BCUT2D eigenvalue weighted by molar-refractivity contribution is -0.275. The van der Waals surface area contributed by atoms with Crippen LogP contribution in [0.2, 0.25) is 0 Å². The molecule has 0 atom stereocenters. The first-order valence-corrected chi connectivity index (χ1v) is 4.32. The van der Waals surface area contributed by atoms with Gasteiger partial charge in [0.15, 0.2) is 5.75 Å². The fraction of sp³-hybridized carbons (Fsp3) is 0.286. The molecule has 0 aliphatic carbocycles. The van der Waals surface area contributed by atoms with Crippen LogP contribution in [-0.4, -0.2) is 11.3 Å². The summed E-state index contributed by atoms with van der Waals surface area (Å²) < 4.78 is 39.8. The van der Waals surface area contributed by atoms with Gasteiger partial charge in [0.1, 0.15) is 0 Å². The predicted molar refractivity (Wildman–Crippen MR) is 46.5 cm³/mol. The zero-order valence-electron chi connectivity index (χ0n) is 6.81. The van der Waals surface area contributed by atoms with Crippen molar-refractivity contribution in [2.24, 2.45) is 5.73 Å². The van der Waals surface area contributed by atoms with Gasteiger partial charge in [-0.3, -0.25) is 4.98 Å². The van der Waals surface area contributed by atoms with E-state index in [1.54, 1.807) is 0 Å². The number of alkyl halides is 3. The van der Waals surface area contributed by atoms with E-state index >= 15 is 0 Å². The molecule has 0 saturated carbocycles. The van der Waals surface area contributed by atoms with E-state index in [1.807, 2.05) is 0 Å². The minimum atomic E-state index is -4.73. The lowest BCUT2D eigenvalue weighted by Gasteiger charge is -2.11. The highest BCUT2D eigenvalue weighted by Crippen LogP contribution is 2.27. The summed E-state index contributed by atoms with van der Waals surface area (Å²) in [6.07, 6.45) is -3.38. The van der Waals surface area contributed by atoms with Crippen molar-refractivity contribution in [3.63, 3.8) is 0 Å². The average molecular weight is 271 g/mol. The Balaban J connectivity index is 2.99. The van der Waals surface area contributed by atoms with Crippen molar-refractivity contribution in [1.29, 1.82) is 0 Å². The third-order valence-electron chi connectivity index (χ3n) is 1.32. The molecular formula is C7H6BrF3N2O. The zero-order chi connectivity index (χ0) is 10.8. The van der Waals surface area contributed by atoms with Crippen molar-refractivity contribution < 1.29 is 17.9 Å². The van der Waals surface area contributed by atoms with Gasteiger partial charge >= 0.3 is 6.36 Å². The molecule has 0 bridgehead atoms. The van der Waals surface area contributed by atoms with Gasteiger partial charge in [-0.15, -0.1) is 13.2 Å². The molecule has 14 heavy (non-hydrogen) atoms. The number of nitrogens with two attached hydrogens (primary N) is 1. The Bertz CT molecular complexity index is 329. The van der Waals surface area contributed by atoms with Crippen LogP contribution < -0.4 is 10.5 Å². The van der Waals surface area contributed by atoms with Crippen LogP contribution in [0.25, 0.3) is 0 Å². The van der Waals surface area contributed by atoms with Crippen molar-refractivity contribution in [3.05, 3.63) is 22.4 Å². The molecule has 0 fully saturated rings. The number of ether oxygens (including phenoxy) is 1. The summed E-state index contributed by atoms with van der Waals surface area (Å²) in [7, 11) is 0. The summed E-state index contributed by atoms with van der Waals surface area (Å²) in [6.45, 7) is -0.112. The first kappa shape index (κ1) is 11.3. The van der Waals surface area contributed by atoms with Crippen molar-refractivity contribution >= 4 is 15.9 Å². The zero-order valence-corrected chi connectivity index (χ0v) is 8.39. The Morgan fingerprint density at radius 2 is 2.14 bits per heavy atom. The fourth-order valence-corrected chi connectivity index (χ4v) is 1.13. The van der Waals surface area contributed by atoms with Crippen LogP contribution in [0, 0.1) is 0 Å². The van der Waals surface area contributed by atoms with E-state index in [9.17, 15) is 13.2 Å². The van der Waals surface area contributed by atoms with Crippen LogP contribution in [0.3, 0.4) is 0 Å². The molecule has 0 aliphatic rings. The van der Waals surface area contributed by atoms with Gasteiger partial charge in [0.25, 0.3) is 0 Å². The van der Waals surface area contributed by atoms with E-state index in [4.69, 9.17) is 5.73 Å². The lowest BCUT2D eigenvalue weighted by Crippen LogP contribution is -2.19. The Hall–Kier alpha value is -0.820. The second-order valence-corrected chi connectivity index (χ2v) is 3.27. The van der Waals surface area contributed by atoms with Gasteiger partial charge in [-0.1, -0.05) is 0 Å². The lowest BCUT2D eigenvalue weighted by atomic mass is 10.3. The molecule has 78 valence electrons. The maximum absolute atomic E-state index is 11.9. The summed E-state index contributed by atoms with van der Waals surface area (Å²) in [5.74, 6) is -0.380. The second kappa shape index (κ2) is 4.14. The van der Waals surface area contributed by atoms with Crippen molar-refractivity contribution in [2.75, 3.05) is 0 Å². The van der Waals surface area contributed by atoms with Crippen LogP contribution in [0.15, 0.2) is 16.7 Å². The van der Waals surface area contributed by atoms with Crippen LogP contribution in [-0.2, 0) is 6.54 Å². The van der Waals surface area contributed by atoms with Gasteiger partial charge in [0, 0.05) is 17.2 Å². The molecule has 7 heteroatoms. The van der Waals surface area contributed by atoms with Crippen LogP contribution in [0.5, 0.6) is 5.75 Å². The molecule has 1 aromatic heterocycles. The Kier molecular flexibility index (Phi) is 3.33. The average Bonchev–Trinajstić information content (AvgIpc) is 2.01. The normalized spacial score (nSPS) is 11.5. The summed E-state index contributed by atoms with van der Waals surface area (Å²) in [6, 6.07) is 1.17. The van der Waals surface area contributed by atoms with Crippen molar-refractivity contribution in [1.82, 2.24) is 4.98 Å². The summed E-state index contributed by atoms with van der Waals surface area (Å²) in [5, 5.41) is 0. The summed E-state index contributed by atoms with van der Waals surface area (Å²) in [5.41, 5.74) is 5.26. The Morgan fingerprint density at radius 1 is 1.50 bits per heavy atom. The third-order valence-corrected chi connectivity index (χ3v) is 1.75. The first-order valence-electron chi connectivity index (χ1n) is 3.52. The quantitative estimate of drug-likeness (QED) is 0.897. The van der Waals surface area contributed by atoms with Gasteiger partial charge in [-0.25, -0.2) is 0 Å². The van der Waals surface area contributed by atoms with Crippen molar-refractivity contribution in [3.8, 4) is 5.75 Å². The molecule has 0 aromatic carbocycles. The number of aromatic nitrogens is 1. The summed E-state index contributed by atoms with van der Waals surface area (Å²) in [4.78, 5) is 3.68. The van der Waals surface area contributed by atoms with E-state index in [0.717, 1.165) is 0 Å².